The summed E-state index contributed by atoms with van der Waals surface area (Å²) >= 11 is 5.82. The van der Waals surface area contributed by atoms with Gasteiger partial charge in [0.2, 0.25) is 15.9 Å². The fourth-order valence-electron chi connectivity index (χ4n) is 2.42. The van der Waals surface area contributed by atoms with Crippen molar-refractivity contribution in [2.24, 2.45) is 5.14 Å². The van der Waals surface area contributed by atoms with Crippen LogP contribution in [0.5, 0.6) is 0 Å². The smallest absolute Gasteiger partial charge is 0.254 e. The van der Waals surface area contributed by atoms with E-state index in [0.29, 0.717) is 5.69 Å². The van der Waals surface area contributed by atoms with Crippen molar-refractivity contribution in [1.82, 2.24) is 4.90 Å². The Kier molecular flexibility index (Phi) is 6.25. The van der Waals surface area contributed by atoms with Crippen molar-refractivity contribution < 1.29 is 18.0 Å². The van der Waals surface area contributed by atoms with Crippen LogP contribution in [0.4, 0.5) is 5.69 Å². The van der Waals surface area contributed by atoms with Crippen LogP contribution in [-0.2, 0) is 14.8 Å². The molecule has 9 heteroatoms. The van der Waals surface area contributed by atoms with Crippen LogP contribution in [0, 0.1) is 13.8 Å². The number of aryl methyl sites for hydroxylation is 2. The number of halogens is 1. The normalized spacial score (nSPS) is 11.1. The Morgan fingerprint density at radius 3 is 2.44 bits per heavy atom. The van der Waals surface area contributed by atoms with Crippen molar-refractivity contribution in [1.29, 1.82) is 0 Å². The minimum absolute atomic E-state index is 0.0606. The van der Waals surface area contributed by atoms with E-state index in [1.54, 1.807) is 0 Å². The first-order valence-corrected chi connectivity index (χ1v) is 9.86. The second kappa shape index (κ2) is 8.08. The highest BCUT2D eigenvalue weighted by atomic mass is 35.5. The summed E-state index contributed by atoms with van der Waals surface area (Å²) in [5, 5.41) is 7.78. The number of hydrogen-bond acceptors (Lipinski definition) is 4. The van der Waals surface area contributed by atoms with Crippen molar-refractivity contribution >= 4 is 39.1 Å². The van der Waals surface area contributed by atoms with Gasteiger partial charge in [0.15, 0.2) is 0 Å². The molecule has 0 aliphatic rings. The van der Waals surface area contributed by atoms with E-state index < -0.39 is 15.9 Å². The predicted octanol–water partition coefficient (Wildman–Crippen LogP) is 2.31. The quantitative estimate of drug-likeness (QED) is 0.789. The van der Waals surface area contributed by atoms with Gasteiger partial charge < -0.3 is 10.2 Å². The van der Waals surface area contributed by atoms with Gasteiger partial charge >= 0.3 is 0 Å². The van der Waals surface area contributed by atoms with Gasteiger partial charge in [-0.25, -0.2) is 13.6 Å². The summed E-state index contributed by atoms with van der Waals surface area (Å²) in [5.74, 6) is -0.909. The number of rotatable bonds is 5. The lowest BCUT2D eigenvalue weighted by Gasteiger charge is -2.18. The lowest BCUT2D eigenvalue weighted by Crippen LogP contribution is -2.35. The molecular weight excluding hydrogens is 390 g/mol. The molecule has 0 saturated heterocycles. The molecule has 0 fully saturated rings. The van der Waals surface area contributed by atoms with Gasteiger partial charge in [-0.05, 0) is 49.2 Å². The monoisotopic (exact) mass is 409 g/mol. The highest BCUT2D eigenvalue weighted by molar-refractivity contribution is 7.89. The Hall–Kier alpha value is -2.42. The Morgan fingerprint density at radius 2 is 1.81 bits per heavy atom. The average molecular weight is 410 g/mol. The average Bonchev–Trinajstić information content (AvgIpc) is 2.56. The molecule has 0 heterocycles. The molecule has 0 aliphatic carbocycles. The molecule has 0 radical (unpaired) electrons. The molecule has 0 unspecified atom stereocenters. The van der Waals surface area contributed by atoms with E-state index >= 15 is 0 Å². The summed E-state index contributed by atoms with van der Waals surface area (Å²) in [7, 11) is -2.63. The van der Waals surface area contributed by atoms with Gasteiger partial charge in [-0.3, -0.25) is 9.59 Å². The molecule has 0 bridgehead atoms. The number of carbonyl (C=O) groups excluding carboxylic acids is 2. The Labute approximate surface area is 163 Å². The van der Waals surface area contributed by atoms with E-state index in [2.05, 4.69) is 5.32 Å². The summed E-state index contributed by atoms with van der Waals surface area (Å²) in [6.45, 7) is 3.57. The van der Waals surface area contributed by atoms with Gasteiger partial charge in [-0.15, -0.1) is 0 Å². The van der Waals surface area contributed by atoms with Crippen LogP contribution in [0.15, 0.2) is 41.3 Å². The maximum absolute atomic E-state index is 12.5. The first-order chi connectivity index (χ1) is 12.5. The number of nitrogens with zero attached hydrogens (tertiary/aromatic N) is 1. The second-order valence-electron chi connectivity index (χ2n) is 6.22. The Balaban J connectivity index is 2.14. The molecule has 0 aliphatic heterocycles. The summed E-state index contributed by atoms with van der Waals surface area (Å²) < 4.78 is 23.1. The molecule has 0 aromatic heterocycles. The van der Waals surface area contributed by atoms with Gasteiger partial charge in [0.05, 0.1) is 11.6 Å². The third-order valence-electron chi connectivity index (χ3n) is 3.88. The molecule has 3 N–H and O–H groups in total. The molecule has 2 aromatic rings. The third-order valence-corrected chi connectivity index (χ3v) is 5.27. The van der Waals surface area contributed by atoms with Crippen LogP contribution < -0.4 is 10.5 Å². The molecule has 2 aromatic carbocycles. The Bertz CT molecular complexity index is 1010. The minimum Gasteiger partial charge on any atom is -0.332 e. The van der Waals surface area contributed by atoms with Crippen LogP contribution in [0.1, 0.15) is 21.5 Å². The standard InChI is InChI=1S/C18H20ClN3O4S/c1-11-4-5-12(2)15(8-11)21-17(23)10-22(3)18(24)13-6-7-14(19)16(9-13)27(20,25)26/h4-9H,10H2,1-3H3,(H,21,23)(H2,20,25,26). The second-order valence-corrected chi connectivity index (χ2v) is 8.16. The third kappa shape index (κ3) is 5.29. The number of sulfonamides is 1. The Morgan fingerprint density at radius 1 is 1.15 bits per heavy atom. The van der Waals surface area contributed by atoms with Gasteiger partial charge in [-0.1, -0.05) is 23.7 Å². The molecule has 0 atom stereocenters. The molecular formula is C18H20ClN3O4S. The number of hydrogen-bond donors (Lipinski definition) is 2. The lowest BCUT2D eigenvalue weighted by molar-refractivity contribution is -0.116. The van der Waals surface area contributed by atoms with Crippen molar-refractivity contribution in [3.05, 3.63) is 58.1 Å². The molecule has 0 saturated carbocycles. The van der Waals surface area contributed by atoms with Crippen LogP contribution in [0.25, 0.3) is 0 Å². The molecule has 7 nitrogen and oxygen atoms in total. The van der Waals surface area contributed by atoms with Crippen LogP contribution in [0.3, 0.4) is 0 Å². The number of benzene rings is 2. The van der Waals surface area contributed by atoms with E-state index in [0.717, 1.165) is 17.2 Å². The SMILES string of the molecule is Cc1ccc(C)c(NC(=O)CN(C)C(=O)c2ccc(Cl)c(S(N)(=O)=O)c2)c1. The maximum Gasteiger partial charge on any atom is 0.254 e. The highest BCUT2D eigenvalue weighted by Gasteiger charge is 2.20. The molecule has 0 spiro atoms. The van der Waals surface area contributed by atoms with Crippen molar-refractivity contribution in [3.63, 3.8) is 0 Å². The largest absolute Gasteiger partial charge is 0.332 e. The summed E-state index contributed by atoms with van der Waals surface area (Å²) in [4.78, 5) is 25.6. The van der Waals surface area contributed by atoms with Crippen molar-refractivity contribution in [2.45, 2.75) is 18.7 Å². The van der Waals surface area contributed by atoms with E-state index in [-0.39, 0.29) is 27.9 Å². The van der Waals surface area contributed by atoms with Gasteiger partial charge in [0.25, 0.3) is 5.91 Å². The highest BCUT2D eigenvalue weighted by Crippen LogP contribution is 2.22. The zero-order chi connectivity index (χ0) is 20.4. The van der Waals surface area contributed by atoms with E-state index in [1.165, 1.54) is 24.1 Å². The van der Waals surface area contributed by atoms with E-state index in [9.17, 15) is 18.0 Å². The first kappa shape index (κ1) is 20.9. The number of primary sulfonamides is 1. The zero-order valence-corrected chi connectivity index (χ0v) is 16.7. The number of nitrogens with two attached hydrogens (primary N) is 1. The zero-order valence-electron chi connectivity index (χ0n) is 15.1. The molecule has 2 rings (SSSR count). The maximum atomic E-state index is 12.5. The molecule has 2 amide bonds. The minimum atomic E-state index is -4.07. The topological polar surface area (TPSA) is 110 Å². The van der Waals surface area contributed by atoms with Gasteiger partial charge in [0, 0.05) is 18.3 Å². The first-order valence-electron chi connectivity index (χ1n) is 7.94. The number of likely N-dealkylation sites (N-methyl/N-ethyl adjacent to an activating group) is 1. The van der Waals surface area contributed by atoms with Crippen molar-refractivity contribution in [3.8, 4) is 0 Å². The fourth-order valence-corrected chi connectivity index (χ4v) is 3.49. The number of nitrogens with one attached hydrogen (secondary N) is 1. The lowest BCUT2D eigenvalue weighted by atomic mass is 10.1. The van der Waals surface area contributed by atoms with Gasteiger partial charge in [0.1, 0.15) is 4.90 Å². The number of amides is 2. The van der Waals surface area contributed by atoms with Crippen molar-refractivity contribution in [2.75, 3.05) is 18.9 Å². The van der Waals surface area contributed by atoms with Crippen LogP contribution in [-0.4, -0.2) is 38.7 Å². The number of carbonyl (C=O) groups is 2. The molecule has 27 heavy (non-hydrogen) atoms. The number of anilines is 1. The van der Waals surface area contributed by atoms with Crippen LogP contribution >= 0.6 is 11.6 Å². The predicted molar refractivity (Wildman–Crippen MR) is 104 cm³/mol. The van der Waals surface area contributed by atoms with E-state index in [1.807, 2.05) is 32.0 Å². The van der Waals surface area contributed by atoms with Crippen LogP contribution in [0.2, 0.25) is 5.02 Å². The summed E-state index contributed by atoms with van der Waals surface area (Å²) in [6, 6.07) is 9.41. The summed E-state index contributed by atoms with van der Waals surface area (Å²) in [5.41, 5.74) is 2.63. The summed E-state index contributed by atoms with van der Waals surface area (Å²) in [6.07, 6.45) is 0. The van der Waals surface area contributed by atoms with E-state index in [4.69, 9.17) is 16.7 Å². The van der Waals surface area contributed by atoms with Gasteiger partial charge in [-0.2, -0.15) is 0 Å². The fraction of sp³-hybridized carbons (Fsp3) is 0.222. The molecule has 144 valence electrons.